The number of likely N-dealkylation sites (N-methyl/N-ethyl adjacent to an activating group) is 1. The van der Waals surface area contributed by atoms with Gasteiger partial charge in [-0.25, -0.2) is 0 Å². The van der Waals surface area contributed by atoms with Crippen LogP contribution >= 0.6 is 15.9 Å². The molecule has 3 heterocycles. The van der Waals surface area contributed by atoms with E-state index in [0.717, 1.165) is 23.9 Å². The standard InChI is InChI=1S/C16H21BrN2/c1-18-14-9-19(8-11-2-3-11)10-15(18)16(14)12-4-6-13(17)7-5-12/h4-7,11,14-16H,2-3,8-10H2,1H3/t14-,15+,16?. The van der Waals surface area contributed by atoms with Crippen LogP contribution < -0.4 is 0 Å². The summed E-state index contributed by atoms with van der Waals surface area (Å²) in [6.45, 7) is 3.89. The molecule has 1 saturated carbocycles. The molecule has 102 valence electrons. The van der Waals surface area contributed by atoms with Crippen molar-refractivity contribution >= 4 is 15.9 Å². The molecule has 4 fully saturated rings. The van der Waals surface area contributed by atoms with E-state index in [-0.39, 0.29) is 0 Å². The van der Waals surface area contributed by atoms with Crippen molar-refractivity contribution in [2.24, 2.45) is 5.92 Å². The van der Waals surface area contributed by atoms with Crippen molar-refractivity contribution in [3.8, 4) is 0 Å². The summed E-state index contributed by atoms with van der Waals surface area (Å²) in [5, 5.41) is 0. The first-order valence-electron chi connectivity index (χ1n) is 7.42. The SMILES string of the molecule is CN1[C@@H]2CN(CC3CC3)C[C@H]1C2c1ccc(Br)cc1. The first-order valence-corrected chi connectivity index (χ1v) is 8.21. The summed E-state index contributed by atoms with van der Waals surface area (Å²) in [5.74, 6) is 1.78. The lowest BCUT2D eigenvalue weighted by atomic mass is 9.72. The Kier molecular flexibility index (Phi) is 2.98. The number of piperazine rings is 1. The van der Waals surface area contributed by atoms with E-state index in [1.54, 1.807) is 0 Å². The molecular weight excluding hydrogens is 300 g/mol. The van der Waals surface area contributed by atoms with E-state index >= 15 is 0 Å². The van der Waals surface area contributed by atoms with Crippen molar-refractivity contribution in [2.45, 2.75) is 30.8 Å². The third kappa shape index (κ3) is 2.16. The van der Waals surface area contributed by atoms with Crippen LogP contribution in [-0.2, 0) is 0 Å². The van der Waals surface area contributed by atoms with Gasteiger partial charge in [-0.05, 0) is 43.5 Å². The van der Waals surface area contributed by atoms with Crippen molar-refractivity contribution in [2.75, 3.05) is 26.7 Å². The molecule has 1 aliphatic carbocycles. The van der Waals surface area contributed by atoms with Gasteiger partial charge in [-0.15, -0.1) is 0 Å². The van der Waals surface area contributed by atoms with Gasteiger partial charge in [-0.1, -0.05) is 28.1 Å². The van der Waals surface area contributed by atoms with Crippen molar-refractivity contribution in [1.29, 1.82) is 0 Å². The number of hydrogen-bond acceptors (Lipinski definition) is 2. The van der Waals surface area contributed by atoms with Gasteiger partial charge in [0.05, 0.1) is 0 Å². The Balaban J connectivity index is 1.49. The maximum atomic E-state index is 3.53. The topological polar surface area (TPSA) is 6.48 Å². The molecular formula is C16H21BrN2. The van der Waals surface area contributed by atoms with E-state index in [1.807, 2.05) is 0 Å². The molecule has 5 rings (SSSR count). The van der Waals surface area contributed by atoms with Crippen LogP contribution in [0, 0.1) is 5.92 Å². The van der Waals surface area contributed by atoms with Crippen LogP contribution in [0.5, 0.6) is 0 Å². The van der Waals surface area contributed by atoms with Crippen molar-refractivity contribution in [3.05, 3.63) is 34.3 Å². The van der Waals surface area contributed by atoms with Gasteiger partial charge in [-0.2, -0.15) is 0 Å². The highest BCUT2D eigenvalue weighted by atomic mass is 79.9. The molecule has 0 aromatic heterocycles. The fourth-order valence-electron chi connectivity index (χ4n) is 3.94. The fraction of sp³-hybridized carbons (Fsp3) is 0.625. The molecule has 3 aliphatic heterocycles. The second-order valence-corrected chi connectivity index (χ2v) is 7.46. The van der Waals surface area contributed by atoms with Crippen LogP contribution in [0.3, 0.4) is 0 Å². The minimum absolute atomic E-state index is 0.735. The average molecular weight is 321 g/mol. The summed E-state index contributed by atoms with van der Waals surface area (Å²) in [4.78, 5) is 5.30. The lowest BCUT2D eigenvalue weighted by molar-refractivity contribution is -0.0754. The maximum Gasteiger partial charge on any atom is 0.0308 e. The Morgan fingerprint density at radius 2 is 1.74 bits per heavy atom. The molecule has 0 radical (unpaired) electrons. The van der Waals surface area contributed by atoms with Gasteiger partial charge in [0.1, 0.15) is 0 Å². The van der Waals surface area contributed by atoms with E-state index in [2.05, 4.69) is 57.0 Å². The molecule has 0 spiro atoms. The molecule has 3 heteroatoms. The number of nitrogens with zero attached hydrogens (tertiary/aromatic N) is 2. The number of fused-ring (bicyclic) bond motifs is 2. The first kappa shape index (κ1) is 12.4. The summed E-state index contributed by atoms with van der Waals surface area (Å²) in [6, 6.07) is 10.4. The van der Waals surface area contributed by atoms with E-state index in [1.165, 1.54) is 42.5 Å². The zero-order valence-electron chi connectivity index (χ0n) is 11.4. The summed E-state index contributed by atoms with van der Waals surface area (Å²) in [7, 11) is 2.30. The van der Waals surface area contributed by atoms with E-state index in [9.17, 15) is 0 Å². The predicted octanol–water partition coefficient (Wildman–Crippen LogP) is 2.94. The van der Waals surface area contributed by atoms with Crippen molar-refractivity contribution in [1.82, 2.24) is 9.80 Å². The molecule has 1 aromatic carbocycles. The molecule has 4 aliphatic rings. The van der Waals surface area contributed by atoms with Crippen LogP contribution in [0.15, 0.2) is 28.7 Å². The quantitative estimate of drug-likeness (QED) is 0.845. The summed E-state index contributed by atoms with van der Waals surface area (Å²) in [5.41, 5.74) is 1.53. The summed E-state index contributed by atoms with van der Waals surface area (Å²) < 4.78 is 1.18. The fourth-order valence-corrected chi connectivity index (χ4v) is 4.20. The average Bonchev–Trinajstić information content (AvgIpc) is 3.23. The molecule has 0 N–H and O–H groups in total. The Morgan fingerprint density at radius 1 is 1.11 bits per heavy atom. The van der Waals surface area contributed by atoms with E-state index in [4.69, 9.17) is 0 Å². The lowest BCUT2D eigenvalue weighted by Crippen LogP contribution is -2.72. The van der Waals surface area contributed by atoms with Crippen molar-refractivity contribution in [3.63, 3.8) is 0 Å². The first-order chi connectivity index (χ1) is 9.22. The van der Waals surface area contributed by atoms with Crippen LogP contribution in [0.2, 0.25) is 0 Å². The molecule has 1 aromatic rings. The van der Waals surface area contributed by atoms with E-state index < -0.39 is 0 Å². The second kappa shape index (κ2) is 4.57. The number of hydrogen-bond donors (Lipinski definition) is 0. The van der Waals surface area contributed by atoms with Crippen LogP contribution in [-0.4, -0.2) is 48.6 Å². The zero-order valence-corrected chi connectivity index (χ0v) is 13.0. The van der Waals surface area contributed by atoms with E-state index in [0.29, 0.717) is 0 Å². The largest absolute Gasteiger partial charge is 0.300 e. The van der Waals surface area contributed by atoms with Gasteiger partial charge < -0.3 is 0 Å². The van der Waals surface area contributed by atoms with Crippen LogP contribution in [0.1, 0.15) is 24.3 Å². The number of halogens is 1. The smallest absolute Gasteiger partial charge is 0.0308 e. The highest BCUT2D eigenvalue weighted by Gasteiger charge is 2.51. The molecule has 3 saturated heterocycles. The maximum absolute atomic E-state index is 3.53. The Morgan fingerprint density at radius 3 is 2.32 bits per heavy atom. The van der Waals surface area contributed by atoms with Crippen molar-refractivity contribution < 1.29 is 0 Å². The van der Waals surface area contributed by atoms with Crippen LogP contribution in [0.25, 0.3) is 0 Å². The normalized spacial score (nSPS) is 35.2. The monoisotopic (exact) mass is 320 g/mol. The lowest BCUT2D eigenvalue weighted by Gasteiger charge is -2.61. The zero-order chi connectivity index (χ0) is 13.0. The molecule has 2 nitrogen and oxygen atoms in total. The molecule has 19 heavy (non-hydrogen) atoms. The Hall–Kier alpha value is -0.380. The number of benzene rings is 1. The molecule has 2 bridgehead atoms. The van der Waals surface area contributed by atoms with Crippen LogP contribution in [0.4, 0.5) is 0 Å². The third-order valence-electron chi connectivity index (χ3n) is 5.23. The minimum atomic E-state index is 0.735. The number of piperidine rings is 1. The molecule has 1 unspecified atom stereocenters. The van der Waals surface area contributed by atoms with Gasteiger partial charge in [0, 0.05) is 42.1 Å². The molecule has 3 atom stereocenters. The molecule has 0 amide bonds. The van der Waals surface area contributed by atoms with Gasteiger partial charge >= 0.3 is 0 Å². The predicted molar refractivity (Wildman–Crippen MR) is 81.4 cm³/mol. The van der Waals surface area contributed by atoms with Gasteiger partial charge in [-0.3, -0.25) is 9.80 Å². The number of rotatable bonds is 3. The highest BCUT2D eigenvalue weighted by Crippen LogP contribution is 2.44. The Bertz CT molecular complexity index is 454. The third-order valence-corrected chi connectivity index (χ3v) is 5.76. The van der Waals surface area contributed by atoms with Gasteiger partial charge in [0.2, 0.25) is 0 Å². The second-order valence-electron chi connectivity index (χ2n) is 6.54. The van der Waals surface area contributed by atoms with Gasteiger partial charge in [0.15, 0.2) is 0 Å². The Labute approximate surface area is 123 Å². The summed E-state index contributed by atoms with van der Waals surface area (Å²) >= 11 is 3.53. The van der Waals surface area contributed by atoms with Gasteiger partial charge in [0.25, 0.3) is 0 Å². The minimum Gasteiger partial charge on any atom is -0.300 e. The highest BCUT2D eigenvalue weighted by molar-refractivity contribution is 9.10. The summed E-state index contributed by atoms with van der Waals surface area (Å²) in [6.07, 6.45) is 2.94.